The lowest BCUT2D eigenvalue weighted by Gasteiger charge is -2.35. The van der Waals surface area contributed by atoms with E-state index in [1.165, 1.54) is 0 Å². The molecule has 0 aliphatic carbocycles. The van der Waals surface area contributed by atoms with E-state index < -0.39 is 60.3 Å². The van der Waals surface area contributed by atoms with E-state index in [4.69, 9.17) is 35.4 Å². The standard InChI is InChI=1S/C45H53N7O11/c1-5-45(63-44(59)62-22-28-13-15-29(16-14-28)48-41(56)36(12-8-9-18-46)49-39(55)25-60-24-38(47)54)34-20-37-40-32(21-52(37)42(57)33(34)23-61-43(45)58)30(17-19-51(26(2)3)27(4)53)31-10-6-7-11-35(31)50-40/h6-7,10-11,13-16,20,26,36H,5,8-9,12,17-19,21-25,46H2,1-4H3,(H2,47,54)(H,48,56)(H,49,55)/t36-,45-/m0/s1. The number of para-hydroxylation sites is 1. The summed E-state index contributed by atoms with van der Waals surface area (Å²) in [4.78, 5) is 97.0. The number of hydrogen-bond donors (Lipinski definition) is 4. The highest BCUT2D eigenvalue weighted by Gasteiger charge is 2.51. The molecule has 0 spiro atoms. The van der Waals surface area contributed by atoms with Crippen molar-refractivity contribution in [2.75, 3.05) is 31.6 Å². The molecule has 18 heteroatoms. The zero-order valence-corrected chi connectivity index (χ0v) is 35.8. The summed E-state index contributed by atoms with van der Waals surface area (Å²) in [7, 11) is 0. The van der Waals surface area contributed by atoms with E-state index in [2.05, 4.69) is 10.6 Å². The summed E-state index contributed by atoms with van der Waals surface area (Å²) in [6.07, 6.45) is 0.773. The smallest absolute Gasteiger partial charge is 0.457 e. The number of amides is 4. The Bertz CT molecular complexity index is 2470. The van der Waals surface area contributed by atoms with Crippen molar-refractivity contribution in [3.63, 3.8) is 0 Å². The molecule has 4 aromatic rings. The molecule has 0 saturated heterocycles. The van der Waals surface area contributed by atoms with Gasteiger partial charge < -0.3 is 50.5 Å². The number of pyridine rings is 2. The zero-order chi connectivity index (χ0) is 45.4. The van der Waals surface area contributed by atoms with Crippen molar-refractivity contribution in [1.82, 2.24) is 19.8 Å². The van der Waals surface area contributed by atoms with E-state index in [-0.39, 0.29) is 49.3 Å². The number of hydrogen-bond acceptors (Lipinski definition) is 13. The fourth-order valence-electron chi connectivity index (χ4n) is 8.04. The average molecular weight is 868 g/mol. The highest BCUT2D eigenvalue weighted by molar-refractivity contribution is 5.97. The average Bonchev–Trinajstić information content (AvgIpc) is 3.62. The predicted octanol–water partition coefficient (Wildman–Crippen LogP) is 3.29. The Labute approximate surface area is 363 Å². The van der Waals surface area contributed by atoms with Crippen molar-refractivity contribution < 1.29 is 47.7 Å². The molecule has 4 amide bonds. The summed E-state index contributed by atoms with van der Waals surface area (Å²) in [6, 6.07) is 14.8. The van der Waals surface area contributed by atoms with Gasteiger partial charge in [-0.2, -0.15) is 0 Å². The molecule has 4 heterocycles. The van der Waals surface area contributed by atoms with Crippen LogP contribution in [0, 0.1) is 0 Å². The summed E-state index contributed by atoms with van der Waals surface area (Å²) in [5.41, 5.74) is 13.0. The van der Waals surface area contributed by atoms with Crippen LogP contribution in [0.15, 0.2) is 59.4 Å². The molecule has 0 radical (unpaired) electrons. The number of benzene rings is 2. The van der Waals surface area contributed by atoms with Crippen LogP contribution < -0.4 is 27.7 Å². The highest BCUT2D eigenvalue weighted by Crippen LogP contribution is 2.42. The molecule has 0 bridgehead atoms. The van der Waals surface area contributed by atoms with Crippen LogP contribution in [0.2, 0.25) is 0 Å². The molecule has 334 valence electrons. The quantitative estimate of drug-likeness (QED) is 0.0688. The van der Waals surface area contributed by atoms with E-state index in [1.807, 2.05) is 38.1 Å². The molecule has 0 saturated carbocycles. The first-order chi connectivity index (χ1) is 30.2. The fourth-order valence-corrected chi connectivity index (χ4v) is 8.04. The number of nitrogens with zero attached hydrogens (tertiary/aromatic N) is 3. The molecule has 2 aliphatic heterocycles. The number of nitrogens with two attached hydrogens (primary N) is 2. The van der Waals surface area contributed by atoms with Crippen LogP contribution in [0.3, 0.4) is 0 Å². The molecule has 6 rings (SSSR count). The van der Waals surface area contributed by atoms with Gasteiger partial charge in [0.05, 0.1) is 29.0 Å². The number of unbranched alkanes of at least 4 members (excludes halogenated alkanes) is 1. The van der Waals surface area contributed by atoms with Crippen molar-refractivity contribution >= 4 is 52.3 Å². The molecule has 2 aromatic carbocycles. The summed E-state index contributed by atoms with van der Waals surface area (Å²) in [5.74, 6) is -2.71. The Morgan fingerprint density at radius 1 is 1.02 bits per heavy atom. The monoisotopic (exact) mass is 867 g/mol. The second kappa shape index (κ2) is 20.0. The molecule has 2 aromatic heterocycles. The number of nitrogens with one attached hydrogen (secondary N) is 2. The third-order valence-electron chi connectivity index (χ3n) is 11.2. The maximum atomic E-state index is 14.3. The van der Waals surface area contributed by atoms with E-state index in [9.17, 15) is 33.6 Å². The normalized spacial score (nSPS) is 15.4. The Balaban J connectivity index is 1.18. The summed E-state index contributed by atoms with van der Waals surface area (Å²) >= 11 is 0. The first-order valence-electron chi connectivity index (χ1n) is 20.9. The van der Waals surface area contributed by atoms with Crippen molar-refractivity contribution in [2.24, 2.45) is 11.5 Å². The van der Waals surface area contributed by atoms with Crippen molar-refractivity contribution in [1.29, 1.82) is 0 Å². The van der Waals surface area contributed by atoms with Crippen molar-refractivity contribution in [2.45, 2.75) is 97.2 Å². The van der Waals surface area contributed by atoms with Gasteiger partial charge in [-0.3, -0.25) is 24.0 Å². The lowest BCUT2D eigenvalue weighted by atomic mass is 9.85. The third-order valence-corrected chi connectivity index (χ3v) is 11.2. The minimum absolute atomic E-state index is 0.00875. The van der Waals surface area contributed by atoms with Crippen LogP contribution in [0.25, 0.3) is 22.3 Å². The lowest BCUT2D eigenvalue weighted by Crippen LogP contribution is -2.47. The number of aromatic nitrogens is 2. The van der Waals surface area contributed by atoms with Crippen molar-refractivity contribution in [3.05, 3.63) is 92.8 Å². The first kappa shape index (κ1) is 45.9. The van der Waals surface area contributed by atoms with Gasteiger partial charge in [0.25, 0.3) is 5.56 Å². The van der Waals surface area contributed by atoms with Gasteiger partial charge in [-0.1, -0.05) is 37.3 Å². The maximum Gasteiger partial charge on any atom is 0.510 e. The van der Waals surface area contributed by atoms with E-state index in [0.29, 0.717) is 66.9 Å². The van der Waals surface area contributed by atoms with Gasteiger partial charge in [-0.15, -0.1) is 0 Å². The molecule has 18 nitrogen and oxygen atoms in total. The minimum Gasteiger partial charge on any atom is -0.457 e. The van der Waals surface area contributed by atoms with Crippen LogP contribution in [0.1, 0.15) is 81.2 Å². The summed E-state index contributed by atoms with van der Waals surface area (Å²) in [5, 5.41) is 6.26. The van der Waals surface area contributed by atoms with E-state index in [1.54, 1.807) is 53.6 Å². The van der Waals surface area contributed by atoms with Gasteiger partial charge >= 0.3 is 12.1 Å². The van der Waals surface area contributed by atoms with Gasteiger partial charge in [0.2, 0.25) is 29.2 Å². The van der Waals surface area contributed by atoms with Crippen molar-refractivity contribution in [3.8, 4) is 11.4 Å². The van der Waals surface area contributed by atoms with Gasteiger partial charge in [-0.25, -0.2) is 14.6 Å². The second-order valence-corrected chi connectivity index (χ2v) is 15.8. The lowest BCUT2D eigenvalue weighted by molar-refractivity contribution is -0.175. The predicted molar refractivity (Wildman–Crippen MR) is 230 cm³/mol. The van der Waals surface area contributed by atoms with E-state index >= 15 is 0 Å². The molecular weight excluding hydrogens is 815 g/mol. The Morgan fingerprint density at radius 2 is 1.76 bits per heavy atom. The van der Waals surface area contributed by atoms with Crippen LogP contribution in [0.5, 0.6) is 0 Å². The fraction of sp³-hybridized carbons (Fsp3) is 0.422. The Kier molecular flexibility index (Phi) is 14.6. The third kappa shape index (κ3) is 10.2. The number of fused-ring (bicyclic) bond motifs is 5. The van der Waals surface area contributed by atoms with Gasteiger partial charge in [0.15, 0.2) is 0 Å². The van der Waals surface area contributed by atoms with Gasteiger partial charge in [0.1, 0.15) is 32.5 Å². The number of carbonyl (C=O) groups is 6. The molecule has 2 atom stereocenters. The SMILES string of the molecule is CC[C@@]1(OC(=O)OCc2ccc(NC(=O)[C@H](CCCCN)NC(=O)COCC(N)=O)cc2)C(=O)OCc2c1cc1n(c2=O)Cc2c-1nc1ccccc1c2CCN(C(C)=O)C(C)C. The summed E-state index contributed by atoms with van der Waals surface area (Å²) in [6.45, 7) is 6.71. The molecule has 0 unspecified atom stereocenters. The van der Waals surface area contributed by atoms with Gasteiger partial charge in [-0.05, 0) is 87.9 Å². The Morgan fingerprint density at radius 3 is 2.44 bits per heavy atom. The highest BCUT2D eigenvalue weighted by atomic mass is 16.7. The zero-order valence-electron chi connectivity index (χ0n) is 35.8. The minimum atomic E-state index is -2.00. The first-order valence-corrected chi connectivity index (χ1v) is 20.9. The largest absolute Gasteiger partial charge is 0.510 e. The van der Waals surface area contributed by atoms with Crippen LogP contribution in [-0.4, -0.2) is 88.6 Å². The number of rotatable bonds is 19. The summed E-state index contributed by atoms with van der Waals surface area (Å²) < 4.78 is 23.3. The topological polar surface area (TPSA) is 254 Å². The van der Waals surface area contributed by atoms with E-state index in [0.717, 1.165) is 16.5 Å². The van der Waals surface area contributed by atoms with Gasteiger partial charge in [0, 0.05) is 41.7 Å². The number of primary amides is 1. The van der Waals surface area contributed by atoms with Crippen LogP contribution in [-0.2, 0) is 74.7 Å². The molecule has 6 N–H and O–H groups in total. The molecular formula is C45H53N7O11. The number of cyclic esters (lactones) is 1. The Hall–Kier alpha value is -6.66. The molecule has 0 fully saturated rings. The second-order valence-electron chi connectivity index (χ2n) is 15.8. The number of ether oxygens (including phenoxy) is 4. The maximum absolute atomic E-state index is 14.3. The van der Waals surface area contributed by atoms with Crippen LogP contribution >= 0.6 is 0 Å². The molecule has 2 aliphatic rings. The number of anilines is 1. The molecule has 63 heavy (non-hydrogen) atoms. The van der Waals surface area contributed by atoms with Crippen LogP contribution in [0.4, 0.5) is 10.5 Å². The number of carbonyl (C=O) groups excluding carboxylic acids is 6. The number of esters is 1.